The highest BCUT2D eigenvalue weighted by Crippen LogP contribution is 2.24. The van der Waals surface area contributed by atoms with Crippen LogP contribution in [0.2, 0.25) is 0 Å². The maximum Gasteiger partial charge on any atom is 0.189 e. The predicted molar refractivity (Wildman–Crippen MR) is 99.2 cm³/mol. The summed E-state index contributed by atoms with van der Waals surface area (Å²) in [5.41, 5.74) is 0.0960. The number of ketones is 1. The van der Waals surface area contributed by atoms with Gasteiger partial charge in [-0.1, -0.05) is 0 Å². The van der Waals surface area contributed by atoms with E-state index in [1.54, 1.807) is 43.5 Å². The normalized spacial score (nSPS) is 10.9. The van der Waals surface area contributed by atoms with Crippen LogP contribution in [0.15, 0.2) is 65.1 Å². The third kappa shape index (κ3) is 4.70. The highest BCUT2D eigenvalue weighted by atomic mass is 16.5. The maximum absolute atomic E-state index is 12.1. The minimum Gasteiger partial charge on any atom is -0.508 e. The fraction of sp³-hybridized carbons (Fsp3) is 0.0952. The molecular formula is C21H18O6. The van der Waals surface area contributed by atoms with Crippen molar-refractivity contribution in [3.63, 3.8) is 0 Å². The van der Waals surface area contributed by atoms with Crippen molar-refractivity contribution in [2.75, 3.05) is 7.11 Å². The number of phenols is 2. The van der Waals surface area contributed by atoms with Crippen LogP contribution in [-0.2, 0) is 6.61 Å². The Kier molecular flexibility index (Phi) is 5.47. The summed E-state index contributed by atoms with van der Waals surface area (Å²) in [7, 11) is 1.60. The van der Waals surface area contributed by atoms with E-state index in [0.29, 0.717) is 17.3 Å². The van der Waals surface area contributed by atoms with Crippen molar-refractivity contribution < 1.29 is 28.9 Å². The van der Waals surface area contributed by atoms with Crippen molar-refractivity contribution in [3.05, 3.63) is 77.8 Å². The summed E-state index contributed by atoms with van der Waals surface area (Å²) in [5, 5.41) is 19.0. The molecule has 1 heterocycles. The van der Waals surface area contributed by atoms with Gasteiger partial charge in [0.2, 0.25) is 0 Å². The molecule has 0 aliphatic carbocycles. The quantitative estimate of drug-likeness (QED) is 0.482. The molecule has 0 saturated heterocycles. The molecule has 0 unspecified atom stereocenters. The van der Waals surface area contributed by atoms with Gasteiger partial charge < -0.3 is 24.1 Å². The number of carbonyl (C=O) groups excluding carboxylic acids is 1. The zero-order valence-electron chi connectivity index (χ0n) is 14.6. The zero-order chi connectivity index (χ0) is 19.2. The first kappa shape index (κ1) is 18.1. The molecule has 1 aromatic heterocycles. The van der Waals surface area contributed by atoms with Crippen LogP contribution in [0.3, 0.4) is 0 Å². The lowest BCUT2D eigenvalue weighted by Gasteiger charge is -2.05. The molecule has 27 heavy (non-hydrogen) atoms. The van der Waals surface area contributed by atoms with Gasteiger partial charge in [-0.05, 0) is 60.7 Å². The second kappa shape index (κ2) is 8.14. The maximum atomic E-state index is 12.1. The number of furan rings is 1. The van der Waals surface area contributed by atoms with E-state index in [4.69, 9.17) is 13.9 Å². The van der Waals surface area contributed by atoms with Crippen molar-refractivity contribution in [3.8, 4) is 23.0 Å². The summed E-state index contributed by atoms with van der Waals surface area (Å²) in [6, 6.07) is 14.5. The highest BCUT2D eigenvalue weighted by Gasteiger charge is 2.09. The minimum atomic E-state index is -0.403. The van der Waals surface area contributed by atoms with Crippen molar-refractivity contribution in [1.82, 2.24) is 0 Å². The summed E-state index contributed by atoms with van der Waals surface area (Å²) in [6.07, 6.45) is 2.80. The number of allylic oxidation sites excluding steroid dienone is 1. The molecule has 0 aliphatic rings. The standard InChI is InChI=1S/C21H18O6/c1-25-15-3-5-16(6-4-15)26-13-18-8-7-17(27-18)9-11-20(23)19-10-2-14(22)12-21(19)24/h2-12,22,24H,13H2,1H3/b11-9+. The summed E-state index contributed by atoms with van der Waals surface area (Å²) < 4.78 is 16.3. The van der Waals surface area contributed by atoms with Gasteiger partial charge in [0.1, 0.15) is 41.1 Å². The number of hydrogen-bond acceptors (Lipinski definition) is 6. The lowest BCUT2D eigenvalue weighted by atomic mass is 10.1. The summed E-state index contributed by atoms with van der Waals surface area (Å²) in [5.74, 6) is 1.72. The monoisotopic (exact) mass is 366 g/mol. The van der Waals surface area contributed by atoms with Crippen LogP contribution < -0.4 is 9.47 Å². The Hall–Kier alpha value is -3.67. The van der Waals surface area contributed by atoms with Gasteiger partial charge in [0.25, 0.3) is 0 Å². The van der Waals surface area contributed by atoms with E-state index in [0.717, 1.165) is 11.8 Å². The molecule has 0 fully saturated rings. The van der Waals surface area contributed by atoms with Crippen molar-refractivity contribution >= 4 is 11.9 Å². The van der Waals surface area contributed by atoms with E-state index in [2.05, 4.69) is 0 Å². The van der Waals surface area contributed by atoms with Gasteiger partial charge in [-0.15, -0.1) is 0 Å². The summed E-state index contributed by atoms with van der Waals surface area (Å²) in [4.78, 5) is 12.1. The van der Waals surface area contributed by atoms with Crippen LogP contribution >= 0.6 is 0 Å². The van der Waals surface area contributed by atoms with Crippen LogP contribution in [0, 0.1) is 0 Å². The molecule has 0 atom stereocenters. The minimum absolute atomic E-state index is 0.0960. The van der Waals surface area contributed by atoms with Crippen LogP contribution in [-0.4, -0.2) is 23.1 Å². The van der Waals surface area contributed by atoms with E-state index in [1.165, 1.54) is 24.3 Å². The molecule has 0 bridgehead atoms. The molecule has 6 nitrogen and oxygen atoms in total. The van der Waals surface area contributed by atoms with Gasteiger partial charge in [0, 0.05) is 6.07 Å². The molecule has 0 saturated carbocycles. The van der Waals surface area contributed by atoms with Crippen molar-refractivity contribution in [2.45, 2.75) is 6.61 Å². The predicted octanol–water partition coefficient (Wildman–Crippen LogP) is 4.17. The third-order valence-electron chi connectivity index (χ3n) is 3.77. The number of hydrogen-bond donors (Lipinski definition) is 2. The Morgan fingerprint density at radius 1 is 1.04 bits per heavy atom. The van der Waals surface area contributed by atoms with Crippen LogP contribution in [0.5, 0.6) is 23.0 Å². The molecule has 0 aliphatic heterocycles. The molecule has 138 valence electrons. The smallest absolute Gasteiger partial charge is 0.189 e. The van der Waals surface area contributed by atoms with Gasteiger partial charge in [0.15, 0.2) is 5.78 Å². The second-order valence-electron chi connectivity index (χ2n) is 5.67. The van der Waals surface area contributed by atoms with Crippen LogP contribution in [0.1, 0.15) is 21.9 Å². The van der Waals surface area contributed by atoms with Gasteiger partial charge in [-0.25, -0.2) is 0 Å². The average molecular weight is 366 g/mol. The fourth-order valence-corrected chi connectivity index (χ4v) is 2.36. The largest absolute Gasteiger partial charge is 0.508 e. The Bertz CT molecular complexity index is 953. The lowest BCUT2D eigenvalue weighted by Crippen LogP contribution is -1.94. The van der Waals surface area contributed by atoms with E-state index in [-0.39, 0.29) is 23.7 Å². The van der Waals surface area contributed by atoms with Gasteiger partial charge >= 0.3 is 0 Å². The third-order valence-corrected chi connectivity index (χ3v) is 3.77. The fourth-order valence-electron chi connectivity index (χ4n) is 2.36. The topological polar surface area (TPSA) is 89.1 Å². The van der Waals surface area contributed by atoms with E-state index < -0.39 is 5.78 Å². The summed E-state index contributed by atoms with van der Waals surface area (Å²) in [6.45, 7) is 0.243. The SMILES string of the molecule is COc1ccc(OCc2ccc(/C=C/C(=O)c3ccc(O)cc3O)o2)cc1. The first-order valence-electron chi connectivity index (χ1n) is 8.15. The first-order valence-corrected chi connectivity index (χ1v) is 8.15. The zero-order valence-corrected chi connectivity index (χ0v) is 14.6. The lowest BCUT2D eigenvalue weighted by molar-refractivity contribution is 0.104. The second-order valence-corrected chi connectivity index (χ2v) is 5.67. The number of rotatable bonds is 7. The van der Waals surface area contributed by atoms with E-state index in [1.807, 2.05) is 0 Å². The molecule has 2 aromatic carbocycles. The number of phenolic OH excluding ortho intramolecular Hbond substituents is 2. The highest BCUT2D eigenvalue weighted by molar-refractivity contribution is 6.08. The first-order chi connectivity index (χ1) is 13.0. The molecule has 2 N–H and O–H groups in total. The Labute approximate surface area is 155 Å². The number of methoxy groups -OCH3 is 1. The van der Waals surface area contributed by atoms with Crippen molar-refractivity contribution in [2.24, 2.45) is 0 Å². The van der Waals surface area contributed by atoms with E-state index >= 15 is 0 Å². The Morgan fingerprint density at radius 3 is 2.48 bits per heavy atom. The molecule has 3 aromatic rings. The van der Waals surface area contributed by atoms with E-state index in [9.17, 15) is 15.0 Å². The Morgan fingerprint density at radius 2 is 1.78 bits per heavy atom. The van der Waals surface area contributed by atoms with Crippen LogP contribution in [0.25, 0.3) is 6.08 Å². The van der Waals surface area contributed by atoms with Crippen molar-refractivity contribution in [1.29, 1.82) is 0 Å². The van der Waals surface area contributed by atoms with Crippen LogP contribution in [0.4, 0.5) is 0 Å². The van der Waals surface area contributed by atoms with Gasteiger partial charge in [0.05, 0.1) is 12.7 Å². The molecule has 0 amide bonds. The van der Waals surface area contributed by atoms with Gasteiger partial charge in [-0.2, -0.15) is 0 Å². The number of carbonyl (C=O) groups is 1. The Balaban J connectivity index is 1.59. The number of aromatic hydroxyl groups is 2. The number of ether oxygens (including phenoxy) is 2. The average Bonchev–Trinajstić information content (AvgIpc) is 3.13. The molecule has 3 rings (SSSR count). The molecule has 0 radical (unpaired) electrons. The summed E-state index contributed by atoms with van der Waals surface area (Å²) >= 11 is 0. The molecule has 0 spiro atoms. The molecular weight excluding hydrogens is 348 g/mol. The van der Waals surface area contributed by atoms with Gasteiger partial charge in [-0.3, -0.25) is 4.79 Å². The number of benzene rings is 2. The molecule has 6 heteroatoms.